The van der Waals surface area contributed by atoms with Gasteiger partial charge >= 0.3 is 0 Å². The molecule has 0 saturated heterocycles. The van der Waals surface area contributed by atoms with E-state index in [0.29, 0.717) is 5.92 Å². The molecule has 0 aliphatic rings. The van der Waals surface area contributed by atoms with Gasteiger partial charge in [0.15, 0.2) is 0 Å². The monoisotopic (exact) mass is 279 g/mol. The minimum atomic E-state index is 0.531. The van der Waals surface area contributed by atoms with Crippen molar-refractivity contribution in [2.75, 3.05) is 6.54 Å². The second-order valence-electron chi connectivity index (χ2n) is 4.61. The van der Waals surface area contributed by atoms with E-state index in [1.165, 1.54) is 11.1 Å². The molecule has 0 spiro atoms. The van der Waals surface area contributed by atoms with Crippen LogP contribution in [0.25, 0.3) is 0 Å². The normalized spacial score (nSPS) is 12.6. The Morgan fingerprint density at radius 2 is 2.11 bits per heavy atom. The Labute approximate surface area is 118 Å². The van der Waals surface area contributed by atoms with Crippen molar-refractivity contribution in [1.82, 2.24) is 0 Å². The molecule has 1 unspecified atom stereocenters. The van der Waals surface area contributed by atoms with E-state index in [1.54, 1.807) is 11.3 Å². The summed E-state index contributed by atoms with van der Waals surface area (Å²) in [6, 6.07) is 10.3. The molecule has 0 aliphatic heterocycles. The Morgan fingerprint density at radius 1 is 1.22 bits per heavy atom. The van der Waals surface area contributed by atoms with Gasteiger partial charge in [0.25, 0.3) is 0 Å². The lowest BCUT2D eigenvalue weighted by atomic mass is 9.93. The Balaban J connectivity index is 1.89. The number of hydrogen-bond acceptors (Lipinski definition) is 2. The van der Waals surface area contributed by atoms with Crippen LogP contribution >= 0.6 is 22.9 Å². The maximum atomic E-state index is 6.00. The number of rotatable bonds is 6. The van der Waals surface area contributed by atoms with Gasteiger partial charge in [0.2, 0.25) is 0 Å². The van der Waals surface area contributed by atoms with Gasteiger partial charge in [-0.1, -0.05) is 23.7 Å². The van der Waals surface area contributed by atoms with Gasteiger partial charge in [-0.2, -0.15) is 11.3 Å². The van der Waals surface area contributed by atoms with Crippen molar-refractivity contribution >= 4 is 22.9 Å². The third-order valence-corrected chi connectivity index (χ3v) is 4.14. The van der Waals surface area contributed by atoms with Gasteiger partial charge in [-0.05, 0) is 71.8 Å². The van der Waals surface area contributed by atoms with Crippen LogP contribution in [0.2, 0.25) is 5.02 Å². The van der Waals surface area contributed by atoms with E-state index >= 15 is 0 Å². The van der Waals surface area contributed by atoms with E-state index < -0.39 is 0 Å². The van der Waals surface area contributed by atoms with Crippen molar-refractivity contribution in [2.24, 2.45) is 11.7 Å². The van der Waals surface area contributed by atoms with E-state index in [1.807, 2.05) is 18.2 Å². The fourth-order valence-corrected chi connectivity index (χ4v) is 3.02. The van der Waals surface area contributed by atoms with Gasteiger partial charge in [-0.25, -0.2) is 0 Å². The quantitative estimate of drug-likeness (QED) is 0.844. The highest BCUT2D eigenvalue weighted by molar-refractivity contribution is 7.07. The molecule has 2 N–H and O–H groups in total. The summed E-state index contributed by atoms with van der Waals surface area (Å²) >= 11 is 7.76. The van der Waals surface area contributed by atoms with E-state index in [2.05, 4.69) is 22.9 Å². The smallest absolute Gasteiger partial charge is 0.0408 e. The van der Waals surface area contributed by atoms with Gasteiger partial charge in [-0.15, -0.1) is 0 Å². The Bertz CT molecular complexity index is 467. The maximum Gasteiger partial charge on any atom is 0.0408 e. The molecule has 0 amide bonds. The van der Waals surface area contributed by atoms with Crippen LogP contribution in [0.1, 0.15) is 17.5 Å². The average Bonchev–Trinajstić information content (AvgIpc) is 2.87. The number of thiophene rings is 1. The Morgan fingerprint density at radius 3 is 2.78 bits per heavy atom. The summed E-state index contributed by atoms with van der Waals surface area (Å²) in [5.74, 6) is 0.531. The zero-order valence-corrected chi connectivity index (χ0v) is 11.9. The minimum Gasteiger partial charge on any atom is -0.330 e. The largest absolute Gasteiger partial charge is 0.330 e. The van der Waals surface area contributed by atoms with Crippen molar-refractivity contribution in [3.05, 3.63) is 57.2 Å². The second kappa shape index (κ2) is 6.93. The van der Waals surface area contributed by atoms with Gasteiger partial charge in [0.05, 0.1) is 0 Å². The van der Waals surface area contributed by atoms with E-state index in [4.69, 9.17) is 17.3 Å². The molecule has 18 heavy (non-hydrogen) atoms. The molecule has 0 radical (unpaired) electrons. The SMILES string of the molecule is NCC(CCc1ccsc1)Cc1cccc(Cl)c1. The number of halogens is 1. The molecule has 1 aromatic carbocycles. The first-order valence-corrected chi connectivity index (χ1v) is 7.55. The number of hydrogen-bond donors (Lipinski definition) is 1. The summed E-state index contributed by atoms with van der Waals surface area (Å²) in [5, 5.41) is 5.15. The predicted octanol–water partition coefficient (Wildman–Crippen LogP) is 4.15. The van der Waals surface area contributed by atoms with Gasteiger partial charge in [-0.3, -0.25) is 0 Å². The summed E-state index contributed by atoms with van der Waals surface area (Å²) in [5.41, 5.74) is 8.57. The molecule has 1 nitrogen and oxygen atoms in total. The number of benzene rings is 1. The van der Waals surface area contributed by atoms with Crippen molar-refractivity contribution < 1.29 is 0 Å². The minimum absolute atomic E-state index is 0.531. The summed E-state index contributed by atoms with van der Waals surface area (Å²) < 4.78 is 0. The molecule has 2 aromatic rings. The standard InChI is InChI=1S/C15H18ClNS/c16-15-3-1-2-13(9-15)8-14(10-17)5-4-12-6-7-18-11-12/h1-3,6-7,9,11,14H,4-5,8,10,17H2. The maximum absolute atomic E-state index is 6.00. The van der Waals surface area contributed by atoms with E-state index in [9.17, 15) is 0 Å². The molecule has 1 atom stereocenters. The van der Waals surface area contributed by atoms with Crippen LogP contribution in [0.5, 0.6) is 0 Å². The first-order chi connectivity index (χ1) is 8.78. The second-order valence-corrected chi connectivity index (χ2v) is 5.82. The van der Waals surface area contributed by atoms with Crippen LogP contribution in [0.4, 0.5) is 0 Å². The van der Waals surface area contributed by atoms with E-state index in [0.717, 1.165) is 30.8 Å². The number of aryl methyl sites for hydroxylation is 1. The predicted molar refractivity (Wildman–Crippen MR) is 80.3 cm³/mol. The lowest BCUT2D eigenvalue weighted by molar-refractivity contribution is 0.494. The zero-order valence-electron chi connectivity index (χ0n) is 10.3. The highest BCUT2D eigenvalue weighted by Crippen LogP contribution is 2.18. The number of nitrogens with two attached hydrogens (primary N) is 1. The van der Waals surface area contributed by atoms with Gasteiger partial charge < -0.3 is 5.73 Å². The van der Waals surface area contributed by atoms with Crippen LogP contribution in [0.15, 0.2) is 41.1 Å². The van der Waals surface area contributed by atoms with Crippen molar-refractivity contribution in [1.29, 1.82) is 0 Å². The van der Waals surface area contributed by atoms with Crippen molar-refractivity contribution in [3.63, 3.8) is 0 Å². The molecule has 0 fully saturated rings. The average molecular weight is 280 g/mol. The highest BCUT2D eigenvalue weighted by atomic mass is 35.5. The molecule has 2 rings (SSSR count). The third-order valence-electron chi connectivity index (χ3n) is 3.17. The van der Waals surface area contributed by atoms with Crippen LogP contribution < -0.4 is 5.73 Å². The molecule has 3 heteroatoms. The van der Waals surface area contributed by atoms with E-state index in [-0.39, 0.29) is 0 Å². The third kappa shape index (κ3) is 4.13. The Hall–Kier alpha value is -0.830. The highest BCUT2D eigenvalue weighted by Gasteiger charge is 2.08. The molecule has 0 aliphatic carbocycles. The summed E-state index contributed by atoms with van der Waals surface area (Å²) in [4.78, 5) is 0. The van der Waals surface area contributed by atoms with Crippen LogP contribution in [-0.2, 0) is 12.8 Å². The van der Waals surface area contributed by atoms with Crippen LogP contribution in [0, 0.1) is 5.92 Å². The molecular weight excluding hydrogens is 262 g/mol. The first kappa shape index (κ1) is 13.6. The summed E-state index contributed by atoms with van der Waals surface area (Å²) in [6.07, 6.45) is 3.27. The van der Waals surface area contributed by atoms with Gasteiger partial charge in [0, 0.05) is 5.02 Å². The molecular formula is C15H18ClNS. The van der Waals surface area contributed by atoms with Crippen molar-refractivity contribution in [3.8, 4) is 0 Å². The first-order valence-electron chi connectivity index (χ1n) is 6.23. The topological polar surface area (TPSA) is 26.0 Å². The molecule has 96 valence electrons. The van der Waals surface area contributed by atoms with Crippen LogP contribution in [-0.4, -0.2) is 6.54 Å². The molecule has 0 bridgehead atoms. The molecule has 0 saturated carbocycles. The summed E-state index contributed by atoms with van der Waals surface area (Å²) in [6.45, 7) is 0.733. The molecule has 1 heterocycles. The summed E-state index contributed by atoms with van der Waals surface area (Å²) in [7, 11) is 0. The van der Waals surface area contributed by atoms with Gasteiger partial charge in [0.1, 0.15) is 0 Å². The van der Waals surface area contributed by atoms with Crippen molar-refractivity contribution in [2.45, 2.75) is 19.3 Å². The lowest BCUT2D eigenvalue weighted by Gasteiger charge is -2.14. The Kier molecular flexibility index (Phi) is 5.24. The fourth-order valence-electron chi connectivity index (χ4n) is 2.11. The van der Waals surface area contributed by atoms with Crippen LogP contribution in [0.3, 0.4) is 0 Å². The zero-order chi connectivity index (χ0) is 12.8. The fraction of sp³-hybridized carbons (Fsp3) is 0.333. The lowest BCUT2D eigenvalue weighted by Crippen LogP contribution is -2.17. The molecule has 1 aromatic heterocycles.